The zero-order valence-electron chi connectivity index (χ0n) is 11.3. The van der Waals surface area contributed by atoms with E-state index in [2.05, 4.69) is 10.0 Å². The molecule has 0 saturated heterocycles. The molecule has 0 saturated carbocycles. The maximum absolute atomic E-state index is 12.2. The van der Waals surface area contributed by atoms with Crippen molar-refractivity contribution in [1.82, 2.24) is 10.0 Å². The average molecular weight is 294 g/mol. The van der Waals surface area contributed by atoms with Gasteiger partial charge >= 0.3 is 0 Å². The molecule has 5 nitrogen and oxygen atoms in total. The van der Waals surface area contributed by atoms with Crippen LogP contribution < -0.4 is 10.0 Å². The van der Waals surface area contributed by atoms with Crippen molar-refractivity contribution in [3.8, 4) is 0 Å². The second-order valence-electron chi connectivity index (χ2n) is 4.73. The molecule has 20 heavy (non-hydrogen) atoms. The van der Waals surface area contributed by atoms with Crippen molar-refractivity contribution in [1.29, 1.82) is 0 Å². The topological polar surface area (TPSA) is 75.3 Å². The number of hydrogen-bond acceptors (Lipinski definition) is 4. The molecular weight excluding hydrogens is 276 g/mol. The quantitative estimate of drug-likeness (QED) is 0.629. The predicted molar refractivity (Wildman–Crippen MR) is 77.2 cm³/mol. The van der Waals surface area contributed by atoms with Crippen molar-refractivity contribution in [3.63, 3.8) is 0 Å². The summed E-state index contributed by atoms with van der Waals surface area (Å²) in [4.78, 5) is 11.4. The van der Waals surface area contributed by atoms with E-state index in [1.54, 1.807) is 12.1 Å². The summed E-state index contributed by atoms with van der Waals surface area (Å²) in [5, 5.41) is 3.17. The molecule has 0 amide bonds. The average Bonchev–Trinajstić information content (AvgIpc) is 2.46. The highest BCUT2D eigenvalue weighted by molar-refractivity contribution is 7.89. The molecule has 0 radical (unpaired) electrons. The monoisotopic (exact) mass is 294 g/mol. The normalized spacial score (nSPS) is 15.8. The molecule has 1 heterocycles. The van der Waals surface area contributed by atoms with Crippen LogP contribution in [0.5, 0.6) is 0 Å². The van der Waals surface area contributed by atoms with E-state index in [9.17, 15) is 13.2 Å². The van der Waals surface area contributed by atoms with E-state index in [4.69, 9.17) is 0 Å². The van der Waals surface area contributed by atoms with Crippen LogP contribution in [-0.4, -0.2) is 33.8 Å². The largest absolute Gasteiger partial charge is 0.313 e. The third-order valence-corrected chi connectivity index (χ3v) is 4.60. The van der Waals surface area contributed by atoms with E-state index < -0.39 is 10.0 Å². The minimum atomic E-state index is -3.58. The SMILES string of the molecule is CC(=O)c1cccc(S(=O)(=O)NCC2=CCNCC2)c1. The molecule has 1 aromatic carbocycles. The standard InChI is InChI=1S/C14H18N2O3S/c1-11(17)13-3-2-4-14(9-13)20(18,19)16-10-12-5-7-15-8-6-12/h2-5,9,15-16H,6-8,10H2,1H3. The number of Topliss-reactive ketones (excluding diaryl/α,β-unsaturated/α-hetero) is 1. The lowest BCUT2D eigenvalue weighted by Gasteiger charge is -2.15. The molecule has 0 unspecified atom stereocenters. The smallest absolute Gasteiger partial charge is 0.240 e. The number of ketones is 1. The minimum Gasteiger partial charge on any atom is -0.313 e. The maximum atomic E-state index is 12.2. The molecule has 1 aliphatic heterocycles. The molecule has 1 aromatic rings. The molecular formula is C14H18N2O3S. The third kappa shape index (κ3) is 3.75. The van der Waals surface area contributed by atoms with Crippen molar-refractivity contribution in [2.24, 2.45) is 0 Å². The van der Waals surface area contributed by atoms with Crippen LogP contribution in [-0.2, 0) is 10.0 Å². The number of carbonyl (C=O) groups excluding carboxylic acids is 1. The summed E-state index contributed by atoms with van der Waals surface area (Å²) < 4.78 is 26.9. The molecule has 0 spiro atoms. The minimum absolute atomic E-state index is 0.125. The first-order valence-corrected chi connectivity index (χ1v) is 7.96. The van der Waals surface area contributed by atoms with Crippen LogP contribution in [0, 0.1) is 0 Å². The summed E-state index contributed by atoms with van der Waals surface area (Å²) >= 11 is 0. The van der Waals surface area contributed by atoms with E-state index in [1.165, 1.54) is 19.1 Å². The van der Waals surface area contributed by atoms with Gasteiger partial charge in [-0.15, -0.1) is 0 Å². The van der Waals surface area contributed by atoms with Gasteiger partial charge in [-0.3, -0.25) is 4.79 Å². The predicted octanol–water partition coefficient (Wildman–Crippen LogP) is 1.09. The molecule has 2 rings (SSSR count). The third-order valence-electron chi connectivity index (χ3n) is 3.20. The van der Waals surface area contributed by atoms with Crippen LogP contribution in [0.4, 0.5) is 0 Å². The Morgan fingerprint density at radius 3 is 2.85 bits per heavy atom. The number of hydrogen-bond donors (Lipinski definition) is 2. The molecule has 6 heteroatoms. The first-order chi connectivity index (χ1) is 9.49. The molecule has 0 bridgehead atoms. The van der Waals surface area contributed by atoms with Gasteiger partial charge in [0.15, 0.2) is 5.78 Å². The van der Waals surface area contributed by atoms with Crippen LogP contribution in [0.3, 0.4) is 0 Å². The second kappa shape index (κ2) is 6.30. The number of rotatable bonds is 5. The van der Waals surface area contributed by atoms with Gasteiger partial charge in [-0.05, 0) is 32.0 Å². The van der Waals surface area contributed by atoms with Crippen LogP contribution in [0.1, 0.15) is 23.7 Å². The van der Waals surface area contributed by atoms with E-state index in [-0.39, 0.29) is 10.7 Å². The number of nitrogens with one attached hydrogen (secondary N) is 2. The first kappa shape index (κ1) is 14.9. The van der Waals surface area contributed by atoms with E-state index in [1.807, 2.05) is 6.08 Å². The van der Waals surface area contributed by atoms with Crippen LogP contribution in [0.2, 0.25) is 0 Å². The summed E-state index contributed by atoms with van der Waals surface area (Å²) in [7, 11) is -3.58. The Labute approximate surface area is 119 Å². The van der Waals surface area contributed by atoms with Gasteiger partial charge < -0.3 is 5.32 Å². The fourth-order valence-corrected chi connectivity index (χ4v) is 3.07. The first-order valence-electron chi connectivity index (χ1n) is 6.48. The Kier molecular flexibility index (Phi) is 4.69. The summed E-state index contributed by atoms with van der Waals surface area (Å²) in [6.07, 6.45) is 2.84. The zero-order chi connectivity index (χ0) is 14.6. The zero-order valence-corrected chi connectivity index (χ0v) is 12.2. The number of carbonyl (C=O) groups is 1. The Balaban J connectivity index is 2.11. The lowest BCUT2D eigenvalue weighted by molar-refractivity contribution is 0.101. The molecule has 0 aromatic heterocycles. The number of benzene rings is 1. The van der Waals surface area contributed by atoms with Crippen LogP contribution in [0.25, 0.3) is 0 Å². The van der Waals surface area contributed by atoms with Gasteiger partial charge in [0.2, 0.25) is 10.0 Å². The van der Waals surface area contributed by atoms with Crippen molar-refractivity contribution >= 4 is 15.8 Å². The Hall–Kier alpha value is -1.50. The van der Waals surface area contributed by atoms with Gasteiger partial charge in [-0.2, -0.15) is 0 Å². The summed E-state index contributed by atoms with van der Waals surface area (Å²) in [5.74, 6) is -0.150. The summed E-state index contributed by atoms with van der Waals surface area (Å²) in [5.41, 5.74) is 1.48. The Morgan fingerprint density at radius 1 is 1.40 bits per heavy atom. The molecule has 0 aliphatic carbocycles. The highest BCUT2D eigenvalue weighted by Crippen LogP contribution is 2.13. The fraction of sp³-hybridized carbons (Fsp3) is 0.357. The molecule has 108 valence electrons. The van der Waals surface area contributed by atoms with E-state index >= 15 is 0 Å². The van der Waals surface area contributed by atoms with E-state index in [0.717, 1.165) is 25.1 Å². The highest BCUT2D eigenvalue weighted by atomic mass is 32.2. The number of sulfonamides is 1. The van der Waals surface area contributed by atoms with Crippen molar-refractivity contribution in [2.45, 2.75) is 18.2 Å². The van der Waals surface area contributed by atoms with Gasteiger partial charge in [-0.25, -0.2) is 13.1 Å². The van der Waals surface area contributed by atoms with E-state index in [0.29, 0.717) is 12.1 Å². The molecule has 2 N–H and O–H groups in total. The Bertz CT molecular complexity index is 636. The molecule has 0 atom stereocenters. The molecule has 0 fully saturated rings. The van der Waals surface area contributed by atoms with Gasteiger partial charge in [0.25, 0.3) is 0 Å². The van der Waals surface area contributed by atoms with Gasteiger partial charge in [0.05, 0.1) is 4.90 Å². The lowest BCUT2D eigenvalue weighted by Crippen LogP contribution is -2.29. The van der Waals surface area contributed by atoms with Gasteiger partial charge in [-0.1, -0.05) is 23.8 Å². The van der Waals surface area contributed by atoms with Crippen molar-refractivity contribution < 1.29 is 13.2 Å². The van der Waals surface area contributed by atoms with Crippen molar-refractivity contribution in [2.75, 3.05) is 19.6 Å². The van der Waals surface area contributed by atoms with Gasteiger partial charge in [0.1, 0.15) is 0 Å². The highest BCUT2D eigenvalue weighted by Gasteiger charge is 2.16. The summed E-state index contributed by atoms with van der Waals surface area (Å²) in [6, 6.07) is 6.08. The Morgan fingerprint density at radius 2 is 2.20 bits per heavy atom. The fourth-order valence-electron chi connectivity index (χ4n) is 1.98. The summed E-state index contributed by atoms with van der Waals surface area (Å²) in [6.45, 7) is 3.37. The van der Waals surface area contributed by atoms with Crippen molar-refractivity contribution in [3.05, 3.63) is 41.5 Å². The lowest BCUT2D eigenvalue weighted by atomic mass is 10.1. The van der Waals surface area contributed by atoms with Gasteiger partial charge in [0, 0.05) is 18.7 Å². The van der Waals surface area contributed by atoms with Crippen LogP contribution >= 0.6 is 0 Å². The molecule has 1 aliphatic rings. The van der Waals surface area contributed by atoms with Crippen LogP contribution in [0.15, 0.2) is 40.8 Å². The maximum Gasteiger partial charge on any atom is 0.240 e. The second-order valence-corrected chi connectivity index (χ2v) is 6.49.